The lowest BCUT2D eigenvalue weighted by atomic mass is 10.1. The number of H-pyrrole nitrogens is 1. The minimum Gasteiger partial charge on any atom is -0.381 e. The Morgan fingerprint density at radius 2 is 2.23 bits per heavy atom. The minimum absolute atomic E-state index is 0.0616. The van der Waals surface area contributed by atoms with E-state index in [4.69, 9.17) is 16.3 Å². The van der Waals surface area contributed by atoms with Gasteiger partial charge in [-0.25, -0.2) is 19.3 Å². The van der Waals surface area contributed by atoms with Crippen LogP contribution in [0.5, 0.6) is 0 Å². The summed E-state index contributed by atoms with van der Waals surface area (Å²) >= 11 is 6.06. The van der Waals surface area contributed by atoms with Crippen molar-refractivity contribution in [1.29, 1.82) is 0 Å². The van der Waals surface area contributed by atoms with Crippen molar-refractivity contribution in [1.82, 2.24) is 24.8 Å². The van der Waals surface area contributed by atoms with E-state index in [1.54, 1.807) is 18.5 Å². The molecule has 2 atom stereocenters. The average Bonchev–Trinajstić information content (AvgIpc) is 3.50. The normalized spacial score (nSPS) is 21.5. The maximum atomic E-state index is 14.4. The molecule has 1 amide bonds. The third-order valence-corrected chi connectivity index (χ3v) is 5.81. The molecule has 2 aliphatic rings. The van der Waals surface area contributed by atoms with Gasteiger partial charge in [0, 0.05) is 49.1 Å². The van der Waals surface area contributed by atoms with Crippen molar-refractivity contribution in [2.45, 2.75) is 18.9 Å². The van der Waals surface area contributed by atoms with Crippen LogP contribution in [-0.2, 0) is 9.53 Å². The second-order valence-corrected chi connectivity index (χ2v) is 8.05. The van der Waals surface area contributed by atoms with Crippen molar-refractivity contribution in [3.63, 3.8) is 0 Å². The Balaban J connectivity index is 1.34. The molecule has 30 heavy (non-hydrogen) atoms. The number of pyridine rings is 1. The van der Waals surface area contributed by atoms with Crippen LogP contribution in [0.15, 0.2) is 24.7 Å². The SMILES string of the molecule is O=C(C1CCOC1)N1CCC(Nc2nc(-c3c[nH]c4ncc(Cl)cc34)ncc2F)C1. The summed E-state index contributed by atoms with van der Waals surface area (Å²) in [4.78, 5) is 30.2. The number of anilines is 1. The molecule has 2 N–H and O–H groups in total. The second-order valence-electron chi connectivity index (χ2n) is 7.62. The Bertz CT molecular complexity index is 1100. The summed E-state index contributed by atoms with van der Waals surface area (Å²) < 4.78 is 19.7. The van der Waals surface area contributed by atoms with Gasteiger partial charge in [-0.15, -0.1) is 0 Å². The molecule has 156 valence electrons. The number of aromatic amines is 1. The number of carbonyl (C=O) groups excluding carboxylic acids is 1. The van der Waals surface area contributed by atoms with Gasteiger partial charge in [0.15, 0.2) is 17.5 Å². The fraction of sp³-hybridized carbons (Fsp3) is 0.400. The summed E-state index contributed by atoms with van der Waals surface area (Å²) in [6.45, 7) is 2.27. The highest BCUT2D eigenvalue weighted by Gasteiger charge is 2.33. The molecule has 0 bridgehead atoms. The Hall–Kier alpha value is -2.78. The fourth-order valence-electron chi connectivity index (χ4n) is 4.02. The highest BCUT2D eigenvalue weighted by atomic mass is 35.5. The lowest BCUT2D eigenvalue weighted by Crippen LogP contribution is -2.36. The number of ether oxygens (including phenoxy) is 1. The van der Waals surface area contributed by atoms with Crippen LogP contribution in [0, 0.1) is 11.7 Å². The van der Waals surface area contributed by atoms with Crippen LogP contribution in [0.1, 0.15) is 12.8 Å². The monoisotopic (exact) mass is 430 g/mol. The van der Waals surface area contributed by atoms with Crippen LogP contribution in [0.25, 0.3) is 22.4 Å². The van der Waals surface area contributed by atoms with E-state index in [0.717, 1.165) is 24.4 Å². The van der Waals surface area contributed by atoms with Crippen LogP contribution in [0.4, 0.5) is 10.2 Å². The summed E-state index contributed by atoms with van der Waals surface area (Å²) in [7, 11) is 0. The van der Waals surface area contributed by atoms with Gasteiger partial charge < -0.3 is 19.9 Å². The van der Waals surface area contributed by atoms with Crippen molar-refractivity contribution >= 4 is 34.4 Å². The van der Waals surface area contributed by atoms with Gasteiger partial charge in [-0.05, 0) is 18.9 Å². The van der Waals surface area contributed by atoms with E-state index in [0.29, 0.717) is 48.4 Å². The van der Waals surface area contributed by atoms with E-state index < -0.39 is 5.82 Å². The number of likely N-dealkylation sites (tertiary alicyclic amines) is 1. The first-order valence-corrected chi connectivity index (χ1v) is 10.2. The van der Waals surface area contributed by atoms with Gasteiger partial charge in [-0.2, -0.15) is 0 Å². The van der Waals surface area contributed by atoms with Crippen LogP contribution >= 0.6 is 11.6 Å². The standard InChI is InChI=1S/C20H20ClFN6O2/c21-12-5-14-15(7-24-17(14)23-6-12)18-25-8-16(22)19(27-18)26-13-1-3-28(9-13)20(29)11-2-4-30-10-11/h5-8,11,13H,1-4,9-10H2,(H,23,24)(H,25,26,27). The van der Waals surface area contributed by atoms with Crippen molar-refractivity contribution in [2.75, 3.05) is 31.6 Å². The van der Waals surface area contributed by atoms with Crippen molar-refractivity contribution in [3.05, 3.63) is 35.5 Å². The van der Waals surface area contributed by atoms with Gasteiger partial charge in [0.05, 0.1) is 23.7 Å². The zero-order valence-electron chi connectivity index (χ0n) is 16.1. The highest BCUT2D eigenvalue weighted by molar-refractivity contribution is 6.31. The predicted molar refractivity (Wildman–Crippen MR) is 110 cm³/mol. The van der Waals surface area contributed by atoms with Crippen molar-refractivity contribution in [2.24, 2.45) is 5.92 Å². The number of carbonyl (C=O) groups is 1. The fourth-order valence-corrected chi connectivity index (χ4v) is 4.18. The maximum absolute atomic E-state index is 14.4. The third-order valence-electron chi connectivity index (χ3n) is 5.60. The number of fused-ring (bicyclic) bond motifs is 1. The van der Waals surface area contributed by atoms with E-state index in [2.05, 4.69) is 25.3 Å². The molecular weight excluding hydrogens is 411 g/mol. The largest absolute Gasteiger partial charge is 0.381 e. The molecule has 2 fully saturated rings. The molecule has 8 nitrogen and oxygen atoms in total. The van der Waals surface area contributed by atoms with E-state index in [1.165, 1.54) is 0 Å². The molecule has 2 unspecified atom stereocenters. The van der Waals surface area contributed by atoms with Crippen molar-refractivity contribution in [3.8, 4) is 11.4 Å². The second kappa shape index (κ2) is 7.81. The smallest absolute Gasteiger partial charge is 0.228 e. The Kier molecular flexibility index (Phi) is 5.00. The molecule has 10 heteroatoms. The first-order valence-electron chi connectivity index (χ1n) is 9.87. The van der Waals surface area contributed by atoms with Crippen LogP contribution in [0.3, 0.4) is 0 Å². The number of nitrogens with one attached hydrogen (secondary N) is 2. The molecule has 0 aromatic carbocycles. The maximum Gasteiger partial charge on any atom is 0.228 e. The topological polar surface area (TPSA) is 96.0 Å². The molecule has 5 heterocycles. The average molecular weight is 431 g/mol. The van der Waals surface area contributed by atoms with E-state index in [-0.39, 0.29) is 23.7 Å². The first-order chi connectivity index (χ1) is 14.6. The van der Waals surface area contributed by atoms with Gasteiger partial charge in [-0.3, -0.25) is 4.79 Å². The number of amides is 1. The van der Waals surface area contributed by atoms with E-state index >= 15 is 0 Å². The third kappa shape index (κ3) is 3.59. The molecule has 0 radical (unpaired) electrons. The Morgan fingerprint density at radius 3 is 3.07 bits per heavy atom. The molecule has 0 saturated carbocycles. The molecule has 5 rings (SSSR count). The molecule has 2 saturated heterocycles. The number of halogens is 2. The molecular formula is C20H20ClFN6O2. The summed E-state index contributed by atoms with van der Waals surface area (Å²) in [5.74, 6) is -0.00271. The zero-order valence-corrected chi connectivity index (χ0v) is 16.8. The zero-order chi connectivity index (χ0) is 20.7. The lowest BCUT2D eigenvalue weighted by molar-refractivity contribution is -0.134. The minimum atomic E-state index is -0.538. The van der Waals surface area contributed by atoms with Crippen LogP contribution in [-0.4, -0.2) is 63.1 Å². The van der Waals surface area contributed by atoms with Gasteiger partial charge in [0.25, 0.3) is 0 Å². The number of nitrogens with zero attached hydrogens (tertiary/aromatic N) is 4. The lowest BCUT2D eigenvalue weighted by Gasteiger charge is -2.20. The number of hydrogen-bond donors (Lipinski definition) is 2. The number of aromatic nitrogens is 4. The molecule has 2 aliphatic heterocycles. The molecule has 0 spiro atoms. The van der Waals surface area contributed by atoms with Crippen LogP contribution in [0.2, 0.25) is 5.02 Å². The number of rotatable bonds is 4. The van der Waals surface area contributed by atoms with Gasteiger partial charge in [-0.1, -0.05) is 11.6 Å². The van der Waals surface area contributed by atoms with Gasteiger partial charge in [0.1, 0.15) is 5.65 Å². The first kappa shape index (κ1) is 19.2. The molecule has 0 aliphatic carbocycles. The quantitative estimate of drug-likeness (QED) is 0.660. The molecule has 3 aromatic heterocycles. The predicted octanol–water partition coefficient (Wildman–Crippen LogP) is 2.86. The van der Waals surface area contributed by atoms with Gasteiger partial charge >= 0.3 is 0 Å². The molecule has 3 aromatic rings. The van der Waals surface area contributed by atoms with E-state index in [1.807, 2.05) is 4.90 Å². The summed E-state index contributed by atoms with van der Waals surface area (Å²) in [6.07, 6.45) is 5.92. The summed E-state index contributed by atoms with van der Waals surface area (Å²) in [5.41, 5.74) is 1.34. The summed E-state index contributed by atoms with van der Waals surface area (Å²) in [5, 5.41) is 4.40. The van der Waals surface area contributed by atoms with Gasteiger partial charge in [0.2, 0.25) is 5.91 Å². The van der Waals surface area contributed by atoms with Crippen molar-refractivity contribution < 1.29 is 13.9 Å². The van der Waals surface area contributed by atoms with Crippen LogP contribution < -0.4 is 5.32 Å². The van der Waals surface area contributed by atoms with E-state index in [9.17, 15) is 9.18 Å². The highest BCUT2D eigenvalue weighted by Crippen LogP contribution is 2.29. The number of hydrogen-bond acceptors (Lipinski definition) is 6. The Morgan fingerprint density at radius 1 is 1.33 bits per heavy atom. The Labute approximate surface area is 176 Å². The summed E-state index contributed by atoms with van der Waals surface area (Å²) in [6, 6.07) is 1.69.